The van der Waals surface area contributed by atoms with Crippen molar-refractivity contribution < 1.29 is 4.74 Å². The van der Waals surface area contributed by atoms with Gasteiger partial charge in [0.2, 0.25) is 0 Å². The van der Waals surface area contributed by atoms with E-state index in [1.54, 1.807) is 7.11 Å². The summed E-state index contributed by atoms with van der Waals surface area (Å²) in [7, 11) is 1.75. The number of benzene rings is 1. The Balaban J connectivity index is 2.28. The fraction of sp³-hybridized carbons (Fsp3) is 0.562. The first kappa shape index (κ1) is 15.6. The van der Waals surface area contributed by atoms with E-state index in [0.717, 1.165) is 31.5 Å². The molecule has 114 valence electrons. The molecule has 0 aliphatic carbocycles. The minimum absolute atomic E-state index is 0.395. The van der Waals surface area contributed by atoms with E-state index in [4.69, 9.17) is 4.74 Å². The first-order chi connectivity index (χ1) is 10.3. The second-order valence-corrected chi connectivity index (χ2v) is 5.30. The van der Waals surface area contributed by atoms with E-state index >= 15 is 0 Å². The highest BCUT2D eigenvalue weighted by atomic mass is 16.5. The van der Waals surface area contributed by atoms with Gasteiger partial charge in [0.05, 0.1) is 6.54 Å². The van der Waals surface area contributed by atoms with E-state index in [0.29, 0.717) is 6.54 Å². The number of hydrogen-bond acceptors (Lipinski definition) is 4. The lowest BCUT2D eigenvalue weighted by Gasteiger charge is -2.30. The normalized spacial score (nSPS) is 14.0. The molecule has 1 heterocycles. The smallest absolute Gasteiger partial charge is 0.183 e. The Morgan fingerprint density at radius 1 is 1.19 bits per heavy atom. The minimum Gasteiger partial charge on any atom is -0.370 e. The topological polar surface area (TPSA) is 52.8 Å². The van der Waals surface area contributed by atoms with Gasteiger partial charge in [-0.2, -0.15) is 0 Å². The molecule has 0 fully saturated rings. The summed E-state index contributed by atoms with van der Waals surface area (Å²) >= 11 is 0. The van der Waals surface area contributed by atoms with Gasteiger partial charge in [-0.3, -0.25) is 0 Å². The van der Waals surface area contributed by atoms with E-state index in [-0.39, 0.29) is 0 Å². The van der Waals surface area contributed by atoms with E-state index in [9.17, 15) is 0 Å². The van der Waals surface area contributed by atoms with Crippen LogP contribution in [0.2, 0.25) is 0 Å². The molecule has 5 heteroatoms. The molecule has 0 bridgehead atoms. The number of ether oxygens (including phenoxy) is 1. The Morgan fingerprint density at radius 3 is 2.57 bits per heavy atom. The van der Waals surface area contributed by atoms with Gasteiger partial charge in [0.25, 0.3) is 0 Å². The van der Waals surface area contributed by atoms with Crippen molar-refractivity contribution in [1.29, 1.82) is 0 Å². The average Bonchev–Trinajstić information content (AvgIpc) is 2.99. The number of tetrazole rings is 1. The van der Waals surface area contributed by atoms with Crippen LogP contribution in [0.15, 0.2) is 30.3 Å². The van der Waals surface area contributed by atoms with Gasteiger partial charge in [-0.1, -0.05) is 57.0 Å². The second-order valence-electron chi connectivity index (χ2n) is 5.30. The molecule has 21 heavy (non-hydrogen) atoms. The molecule has 0 radical (unpaired) electrons. The van der Waals surface area contributed by atoms with Gasteiger partial charge in [-0.05, 0) is 28.8 Å². The third-order valence-corrected chi connectivity index (χ3v) is 4.01. The Bertz CT molecular complexity index is 534. The molecule has 1 atom stereocenters. The average molecular weight is 288 g/mol. The molecule has 0 saturated carbocycles. The SMILES string of the molecule is CCCCC(CC)(OC)c1nnnn1Cc1ccccc1. The third kappa shape index (κ3) is 3.47. The van der Waals surface area contributed by atoms with Crippen LogP contribution in [0, 0.1) is 0 Å². The zero-order valence-electron chi connectivity index (χ0n) is 13.1. The van der Waals surface area contributed by atoms with Gasteiger partial charge < -0.3 is 4.74 Å². The maximum absolute atomic E-state index is 5.85. The van der Waals surface area contributed by atoms with Gasteiger partial charge >= 0.3 is 0 Å². The van der Waals surface area contributed by atoms with Gasteiger partial charge in [0.15, 0.2) is 5.82 Å². The first-order valence-corrected chi connectivity index (χ1v) is 7.61. The molecular formula is C16H24N4O. The molecule has 0 N–H and O–H groups in total. The maximum Gasteiger partial charge on any atom is 0.183 e. The lowest BCUT2D eigenvalue weighted by molar-refractivity contribution is -0.0379. The zero-order chi connectivity index (χ0) is 15.1. The monoisotopic (exact) mass is 288 g/mol. The van der Waals surface area contributed by atoms with Gasteiger partial charge in [-0.15, -0.1) is 5.10 Å². The third-order valence-electron chi connectivity index (χ3n) is 4.01. The molecule has 1 unspecified atom stereocenters. The molecule has 2 rings (SSSR count). The summed E-state index contributed by atoms with van der Waals surface area (Å²) in [6.45, 7) is 4.98. The van der Waals surface area contributed by atoms with Crippen LogP contribution in [-0.2, 0) is 16.9 Å². The fourth-order valence-corrected chi connectivity index (χ4v) is 2.64. The molecule has 0 saturated heterocycles. The summed E-state index contributed by atoms with van der Waals surface area (Å²) < 4.78 is 7.71. The molecular weight excluding hydrogens is 264 g/mol. The summed E-state index contributed by atoms with van der Waals surface area (Å²) in [5.41, 5.74) is 0.788. The van der Waals surface area contributed by atoms with Gasteiger partial charge in [0.1, 0.15) is 5.60 Å². The number of nitrogens with zero attached hydrogens (tertiary/aromatic N) is 4. The second kappa shape index (κ2) is 7.31. The predicted octanol–water partition coefficient (Wildman–Crippen LogP) is 3.16. The van der Waals surface area contributed by atoms with Crippen LogP contribution in [0.25, 0.3) is 0 Å². The van der Waals surface area contributed by atoms with Crippen molar-refractivity contribution >= 4 is 0 Å². The Kier molecular flexibility index (Phi) is 5.44. The van der Waals surface area contributed by atoms with Crippen LogP contribution in [0.3, 0.4) is 0 Å². The summed E-state index contributed by atoms with van der Waals surface area (Å²) in [6.07, 6.45) is 4.02. The molecule has 1 aromatic heterocycles. The number of rotatable bonds is 8. The predicted molar refractivity (Wildman–Crippen MR) is 81.9 cm³/mol. The Labute approximate surface area is 126 Å². The van der Waals surface area contributed by atoms with E-state index in [1.807, 2.05) is 22.9 Å². The highest BCUT2D eigenvalue weighted by Gasteiger charge is 2.35. The maximum atomic E-state index is 5.85. The van der Waals surface area contributed by atoms with Crippen molar-refractivity contribution in [2.24, 2.45) is 0 Å². The van der Waals surface area contributed by atoms with Gasteiger partial charge in [-0.25, -0.2) is 4.68 Å². The molecule has 0 spiro atoms. The van der Waals surface area contributed by atoms with Crippen LogP contribution < -0.4 is 0 Å². The van der Waals surface area contributed by atoms with Crippen molar-refractivity contribution in [3.63, 3.8) is 0 Å². The minimum atomic E-state index is -0.395. The summed E-state index contributed by atoms with van der Waals surface area (Å²) in [5, 5.41) is 12.3. The van der Waals surface area contributed by atoms with Crippen molar-refractivity contribution in [2.75, 3.05) is 7.11 Å². The lowest BCUT2D eigenvalue weighted by Crippen LogP contribution is -2.32. The lowest BCUT2D eigenvalue weighted by atomic mass is 9.92. The summed E-state index contributed by atoms with van der Waals surface area (Å²) in [6, 6.07) is 10.2. The zero-order valence-corrected chi connectivity index (χ0v) is 13.1. The standard InChI is InChI=1S/C16H24N4O/c1-4-6-12-16(5-2,21-3)15-17-18-19-20(15)13-14-10-8-7-9-11-14/h7-11H,4-6,12-13H2,1-3H3. The molecule has 5 nitrogen and oxygen atoms in total. The Hall–Kier alpha value is -1.75. The molecule has 2 aromatic rings. The molecule has 0 aliphatic heterocycles. The number of hydrogen-bond donors (Lipinski definition) is 0. The van der Waals surface area contributed by atoms with E-state index in [1.165, 1.54) is 5.56 Å². The van der Waals surface area contributed by atoms with Crippen LogP contribution in [0.1, 0.15) is 50.9 Å². The highest BCUT2D eigenvalue weighted by molar-refractivity contribution is 5.15. The van der Waals surface area contributed by atoms with Crippen molar-refractivity contribution in [1.82, 2.24) is 20.2 Å². The quantitative estimate of drug-likeness (QED) is 0.748. The number of unbranched alkanes of at least 4 members (excludes halogenated alkanes) is 1. The highest BCUT2D eigenvalue weighted by Crippen LogP contribution is 2.32. The number of aromatic nitrogens is 4. The Morgan fingerprint density at radius 2 is 1.95 bits per heavy atom. The van der Waals surface area contributed by atoms with E-state index in [2.05, 4.69) is 41.5 Å². The van der Waals surface area contributed by atoms with Crippen molar-refractivity contribution in [3.05, 3.63) is 41.7 Å². The summed E-state index contributed by atoms with van der Waals surface area (Å²) in [4.78, 5) is 0. The van der Waals surface area contributed by atoms with Crippen molar-refractivity contribution in [2.45, 2.75) is 51.7 Å². The molecule has 0 aliphatic rings. The van der Waals surface area contributed by atoms with Crippen LogP contribution in [-0.4, -0.2) is 27.3 Å². The van der Waals surface area contributed by atoms with Crippen LogP contribution >= 0.6 is 0 Å². The number of methoxy groups -OCH3 is 1. The van der Waals surface area contributed by atoms with E-state index < -0.39 is 5.60 Å². The first-order valence-electron chi connectivity index (χ1n) is 7.61. The molecule has 1 aromatic carbocycles. The van der Waals surface area contributed by atoms with Crippen LogP contribution in [0.5, 0.6) is 0 Å². The van der Waals surface area contributed by atoms with Crippen molar-refractivity contribution in [3.8, 4) is 0 Å². The van der Waals surface area contributed by atoms with Crippen LogP contribution in [0.4, 0.5) is 0 Å². The van der Waals surface area contributed by atoms with Gasteiger partial charge in [0, 0.05) is 7.11 Å². The molecule has 0 amide bonds. The summed E-state index contributed by atoms with van der Waals surface area (Å²) in [5.74, 6) is 0.824. The largest absolute Gasteiger partial charge is 0.370 e. The fourth-order valence-electron chi connectivity index (χ4n) is 2.64.